The second-order valence-electron chi connectivity index (χ2n) is 5.81. The monoisotopic (exact) mass is 325 g/mol. The highest BCUT2D eigenvalue weighted by atomic mass is 16.5. The van der Waals surface area contributed by atoms with Gasteiger partial charge in [-0.05, 0) is 55.2 Å². The molecule has 4 nitrogen and oxygen atoms in total. The molecule has 0 heterocycles. The Bertz CT molecular complexity index is 751. The average Bonchev–Trinajstić information content (AvgIpc) is 2.60. The SMILES string of the molecule is CCC(=O)Oc1c(C)cc(CNC(=O)c2ccccc2)c(C)c1C. The number of aryl methyl sites for hydroxylation is 1. The first kappa shape index (κ1) is 17.7. The van der Waals surface area contributed by atoms with Crippen molar-refractivity contribution in [2.24, 2.45) is 0 Å². The van der Waals surface area contributed by atoms with Crippen LogP contribution in [0, 0.1) is 20.8 Å². The van der Waals surface area contributed by atoms with E-state index in [2.05, 4.69) is 5.32 Å². The van der Waals surface area contributed by atoms with Gasteiger partial charge in [0, 0.05) is 18.5 Å². The van der Waals surface area contributed by atoms with E-state index in [-0.39, 0.29) is 11.9 Å². The average molecular weight is 325 g/mol. The second-order valence-corrected chi connectivity index (χ2v) is 5.81. The molecule has 1 amide bonds. The smallest absolute Gasteiger partial charge is 0.310 e. The summed E-state index contributed by atoms with van der Waals surface area (Å²) in [6.07, 6.45) is 0.340. The van der Waals surface area contributed by atoms with Gasteiger partial charge in [0.2, 0.25) is 0 Å². The van der Waals surface area contributed by atoms with Crippen molar-refractivity contribution in [3.05, 3.63) is 64.2 Å². The van der Waals surface area contributed by atoms with Crippen LogP contribution in [0.25, 0.3) is 0 Å². The van der Waals surface area contributed by atoms with Gasteiger partial charge in [0.15, 0.2) is 0 Å². The van der Waals surface area contributed by atoms with E-state index in [9.17, 15) is 9.59 Å². The van der Waals surface area contributed by atoms with Gasteiger partial charge < -0.3 is 10.1 Å². The molecule has 2 aromatic carbocycles. The summed E-state index contributed by atoms with van der Waals surface area (Å²) in [5.74, 6) is 0.273. The normalized spacial score (nSPS) is 10.3. The lowest BCUT2D eigenvalue weighted by molar-refractivity contribution is -0.134. The first-order valence-electron chi connectivity index (χ1n) is 8.07. The van der Waals surface area contributed by atoms with Crippen LogP contribution in [0.15, 0.2) is 36.4 Å². The van der Waals surface area contributed by atoms with Gasteiger partial charge in [-0.3, -0.25) is 9.59 Å². The number of carbonyl (C=O) groups is 2. The van der Waals surface area contributed by atoms with Crippen LogP contribution in [0.5, 0.6) is 5.75 Å². The maximum Gasteiger partial charge on any atom is 0.310 e. The number of benzene rings is 2. The lowest BCUT2D eigenvalue weighted by atomic mass is 9.98. The molecular weight excluding hydrogens is 302 g/mol. The van der Waals surface area contributed by atoms with Crippen LogP contribution in [0.1, 0.15) is 46.0 Å². The van der Waals surface area contributed by atoms with E-state index < -0.39 is 0 Å². The Morgan fingerprint density at radius 2 is 1.71 bits per heavy atom. The van der Waals surface area contributed by atoms with Crippen molar-refractivity contribution in [1.29, 1.82) is 0 Å². The van der Waals surface area contributed by atoms with Crippen LogP contribution in [0.2, 0.25) is 0 Å². The molecule has 126 valence electrons. The number of rotatable bonds is 5. The Kier molecular flexibility index (Phi) is 5.74. The van der Waals surface area contributed by atoms with Crippen LogP contribution < -0.4 is 10.1 Å². The maximum absolute atomic E-state index is 12.2. The minimum atomic E-state index is -0.245. The van der Waals surface area contributed by atoms with Crippen molar-refractivity contribution in [2.75, 3.05) is 0 Å². The molecule has 2 aromatic rings. The van der Waals surface area contributed by atoms with Gasteiger partial charge >= 0.3 is 5.97 Å². The van der Waals surface area contributed by atoms with Crippen molar-refractivity contribution < 1.29 is 14.3 Å². The molecule has 2 rings (SSSR count). The third kappa shape index (κ3) is 4.02. The van der Waals surface area contributed by atoms with E-state index in [1.807, 2.05) is 45.0 Å². The molecule has 0 saturated carbocycles. The van der Waals surface area contributed by atoms with Gasteiger partial charge in [-0.15, -0.1) is 0 Å². The summed E-state index contributed by atoms with van der Waals surface area (Å²) in [5.41, 5.74) is 4.50. The number of amides is 1. The zero-order chi connectivity index (χ0) is 17.7. The van der Waals surface area contributed by atoms with Crippen LogP contribution in [0.3, 0.4) is 0 Å². The summed E-state index contributed by atoms with van der Waals surface area (Å²) < 4.78 is 5.43. The second kappa shape index (κ2) is 7.77. The quantitative estimate of drug-likeness (QED) is 0.671. The summed E-state index contributed by atoms with van der Waals surface area (Å²) in [6, 6.07) is 11.1. The fourth-order valence-corrected chi connectivity index (χ4v) is 2.54. The van der Waals surface area contributed by atoms with Crippen LogP contribution in [-0.2, 0) is 11.3 Å². The van der Waals surface area contributed by atoms with Crippen LogP contribution in [0.4, 0.5) is 0 Å². The molecule has 0 bridgehead atoms. The molecule has 0 radical (unpaired) electrons. The lowest BCUT2D eigenvalue weighted by Crippen LogP contribution is -2.23. The predicted molar refractivity (Wildman–Crippen MR) is 94.2 cm³/mol. The van der Waals surface area contributed by atoms with E-state index in [0.717, 1.165) is 22.3 Å². The number of hydrogen-bond acceptors (Lipinski definition) is 3. The Hall–Kier alpha value is -2.62. The summed E-state index contributed by atoms with van der Waals surface area (Å²) in [6.45, 7) is 8.02. The molecule has 24 heavy (non-hydrogen) atoms. The lowest BCUT2D eigenvalue weighted by Gasteiger charge is -2.16. The molecule has 1 N–H and O–H groups in total. The number of ether oxygens (including phenoxy) is 1. The zero-order valence-corrected chi connectivity index (χ0v) is 14.6. The standard InChI is InChI=1S/C20H23NO3/c1-5-18(22)24-19-13(2)11-17(14(3)15(19)4)12-21-20(23)16-9-7-6-8-10-16/h6-11H,5,12H2,1-4H3,(H,21,23). The van der Waals surface area contributed by atoms with Crippen LogP contribution >= 0.6 is 0 Å². The van der Waals surface area contributed by atoms with E-state index in [0.29, 0.717) is 24.3 Å². The highest BCUT2D eigenvalue weighted by molar-refractivity contribution is 5.94. The predicted octanol–water partition coefficient (Wildman–Crippen LogP) is 3.86. The van der Waals surface area contributed by atoms with Crippen molar-refractivity contribution in [2.45, 2.75) is 40.7 Å². The number of hydrogen-bond donors (Lipinski definition) is 1. The minimum absolute atomic E-state index is 0.105. The third-order valence-corrected chi connectivity index (χ3v) is 4.11. The number of esters is 1. The van der Waals surface area contributed by atoms with Crippen molar-refractivity contribution in [3.63, 3.8) is 0 Å². The molecular formula is C20H23NO3. The van der Waals surface area contributed by atoms with E-state index >= 15 is 0 Å². The van der Waals surface area contributed by atoms with Gasteiger partial charge in [0.05, 0.1) is 0 Å². The Morgan fingerprint density at radius 3 is 2.33 bits per heavy atom. The highest BCUT2D eigenvalue weighted by Crippen LogP contribution is 2.29. The molecule has 0 spiro atoms. The van der Waals surface area contributed by atoms with Crippen molar-refractivity contribution >= 4 is 11.9 Å². The molecule has 0 aliphatic heterocycles. The topological polar surface area (TPSA) is 55.4 Å². The van der Waals surface area contributed by atoms with E-state index in [1.54, 1.807) is 19.1 Å². The summed E-state index contributed by atoms with van der Waals surface area (Å²) in [7, 11) is 0. The zero-order valence-electron chi connectivity index (χ0n) is 14.6. The Morgan fingerprint density at radius 1 is 1.04 bits per heavy atom. The fraction of sp³-hybridized carbons (Fsp3) is 0.300. The largest absolute Gasteiger partial charge is 0.426 e. The summed E-state index contributed by atoms with van der Waals surface area (Å²) >= 11 is 0. The highest BCUT2D eigenvalue weighted by Gasteiger charge is 2.14. The summed E-state index contributed by atoms with van der Waals surface area (Å²) in [4.78, 5) is 23.7. The molecule has 0 saturated heterocycles. The van der Waals surface area contributed by atoms with Gasteiger partial charge in [-0.25, -0.2) is 0 Å². The summed E-state index contributed by atoms with van der Waals surface area (Å²) in [5, 5.41) is 2.94. The molecule has 0 aliphatic rings. The molecule has 0 aliphatic carbocycles. The van der Waals surface area contributed by atoms with E-state index in [4.69, 9.17) is 4.74 Å². The molecule has 0 atom stereocenters. The first-order chi connectivity index (χ1) is 11.4. The van der Waals surface area contributed by atoms with Gasteiger partial charge in [0.1, 0.15) is 5.75 Å². The van der Waals surface area contributed by atoms with Gasteiger partial charge in [0.25, 0.3) is 5.91 Å². The van der Waals surface area contributed by atoms with Crippen LogP contribution in [-0.4, -0.2) is 11.9 Å². The molecule has 0 unspecified atom stereocenters. The number of nitrogens with one attached hydrogen (secondary N) is 1. The Balaban J connectivity index is 2.17. The maximum atomic E-state index is 12.2. The third-order valence-electron chi connectivity index (χ3n) is 4.11. The van der Waals surface area contributed by atoms with E-state index in [1.165, 1.54) is 0 Å². The molecule has 0 aromatic heterocycles. The van der Waals surface area contributed by atoms with Gasteiger partial charge in [-0.1, -0.05) is 31.2 Å². The Labute approximate surface area is 142 Å². The fourth-order valence-electron chi connectivity index (χ4n) is 2.54. The molecule has 0 fully saturated rings. The van der Waals surface area contributed by atoms with Crippen molar-refractivity contribution in [3.8, 4) is 5.75 Å². The van der Waals surface area contributed by atoms with Gasteiger partial charge in [-0.2, -0.15) is 0 Å². The molecule has 4 heteroatoms. The first-order valence-corrected chi connectivity index (χ1v) is 8.07. The number of carbonyl (C=O) groups excluding carboxylic acids is 2. The van der Waals surface area contributed by atoms with Crippen molar-refractivity contribution in [1.82, 2.24) is 5.32 Å². The minimum Gasteiger partial charge on any atom is -0.426 e.